The zero-order valence-corrected chi connectivity index (χ0v) is 11.9. The molecule has 0 unspecified atom stereocenters. The second kappa shape index (κ2) is 4.75. The minimum absolute atomic E-state index is 0.311. The summed E-state index contributed by atoms with van der Waals surface area (Å²) in [6.45, 7) is 0. The SMILES string of the molecule is Nc1noc(-c2ccoc2Br)c1-c1cccc(Cl)c1. The first-order chi connectivity index (χ1) is 9.16. The molecule has 0 spiro atoms. The third-order valence-electron chi connectivity index (χ3n) is 2.69. The molecule has 0 aliphatic carbocycles. The molecule has 1 aromatic carbocycles. The van der Waals surface area contributed by atoms with E-state index >= 15 is 0 Å². The molecule has 3 aromatic rings. The van der Waals surface area contributed by atoms with Crippen LogP contribution in [0.2, 0.25) is 5.02 Å². The molecule has 0 saturated heterocycles. The van der Waals surface area contributed by atoms with Gasteiger partial charge in [0.25, 0.3) is 0 Å². The number of hydrogen-bond donors (Lipinski definition) is 1. The second-order valence-corrected chi connectivity index (χ2v) is 5.05. The van der Waals surface area contributed by atoms with Gasteiger partial charge in [-0.25, -0.2) is 0 Å². The number of halogens is 2. The average Bonchev–Trinajstić information content (AvgIpc) is 2.95. The van der Waals surface area contributed by atoms with Gasteiger partial charge in [-0.3, -0.25) is 0 Å². The minimum atomic E-state index is 0.311. The highest BCUT2D eigenvalue weighted by atomic mass is 79.9. The van der Waals surface area contributed by atoms with Crippen molar-refractivity contribution in [2.75, 3.05) is 5.73 Å². The Labute approximate surface area is 122 Å². The Kier molecular flexibility index (Phi) is 3.08. The third-order valence-corrected chi connectivity index (χ3v) is 3.54. The van der Waals surface area contributed by atoms with Crippen LogP contribution < -0.4 is 5.73 Å². The van der Waals surface area contributed by atoms with E-state index in [9.17, 15) is 0 Å². The molecule has 2 N–H and O–H groups in total. The Morgan fingerprint density at radius 3 is 2.79 bits per heavy atom. The van der Waals surface area contributed by atoms with E-state index in [0.717, 1.165) is 11.1 Å². The van der Waals surface area contributed by atoms with Crippen molar-refractivity contribution in [1.29, 1.82) is 0 Å². The van der Waals surface area contributed by atoms with Crippen LogP contribution in [0.25, 0.3) is 22.5 Å². The summed E-state index contributed by atoms with van der Waals surface area (Å²) < 4.78 is 11.1. The first-order valence-electron chi connectivity index (χ1n) is 5.41. The van der Waals surface area contributed by atoms with Crippen LogP contribution in [0.3, 0.4) is 0 Å². The number of benzene rings is 1. The summed E-state index contributed by atoms with van der Waals surface area (Å²) in [4.78, 5) is 0. The summed E-state index contributed by atoms with van der Waals surface area (Å²) in [6.07, 6.45) is 1.56. The Morgan fingerprint density at radius 2 is 2.11 bits per heavy atom. The molecule has 0 aliphatic heterocycles. The zero-order chi connectivity index (χ0) is 13.4. The molecule has 96 valence electrons. The van der Waals surface area contributed by atoms with Crippen LogP contribution in [0.1, 0.15) is 0 Å². The quantitative estimate of drug-likeness (QED) is 0.741. The number of nitrogens with zero attached hydrogens (tertiary/aromatic N) is 1. The fourth-order valence-electron chi connectivity index (χ4n) is 1.86. The van der Waals surface area contributed by atoms with Crippen molar-refractivity contribution in [3.8, 4) is 22.5 Å². The van der Waals surface area contributed by atoms with E-state index < -0.39 is 0 Å². The van der Waals surface area contributed by atoms with E-state index in [1.807, 2.05) is 18.2 Å². The van der Waals surface area contributed by atoms with E-state index in [0.29, 0.717) is 26.8 Å². The Morgan fingerprint density at radius 1 is 1.26 bits per heavy atom. The summed E-state index contributed by atoms with van der Waals surface area (Å²) in [5, 5.41) is 4.44. The molecule has 0 radical (unpaired) electrons. The highest BCUT2D eigenvalue weighted by Gasteiger charge is 2.21. The maximum Gasteiger partial charge on any atom is 0.181 e. The fraction of sp³-hybridized carbons (Fsp3) is 0. The zero-order valence-electron chi connectivity index (χ0n) is 9.56. The molecule has 2 aromatic heterocycles. The lowest BCUT2D eigenvalue weighted by atomic mass is 10.0. The lowest BCUT2D eigenvalue weighted by Gasteiger charge is -2.02. The van der Waals surface area contributed by atoms with Gasteiger partial charge >= 0.3 is 0 Å². The first-order valence-corrected chi connectivity index (χ1v) is 6.58. The molecular weight excluding hydrogens is 332 g/mol. The molecule has 6 heteroatoms. The van der Waals surface area contributed by atoms with Crippen LogP contribution in [0.15, 0.2) is 50.2 Å². The molecule has 4 nitrogen and oxygen atoms in total. The topological polar surface area (TPSA) is 65.2 Å². The maximum atomic E-state index is 6.00. The predicted molar refractivity (Wildman–Crippen MR) is 76.8 cm³/mol. The third kappa shape index (κ3) is 2.15. The smallest absolute Gasteiger partial charge is 0.181 e. The van der Waals surface area contributed by atoms with Crippen LogP contribution in [0, 0.1) is 0 Å². The molecule has 19 heavy (non-hydrogen) atoms. The van der Waals surface area contributed by atoms with E-state index in [1.165, 1.54) is 0 Å². The summed E-state index contributed by atoms with van der Waals surface area (Å²) >= 11 is 9.32. The number of nitrogen functional groups attached to an aromatic ring is 1. The van der Waals surface area contributed by atoms with Gasteiger partial charge in [-0.15, -0.1) is 0 Å². The van der Waals surface area contributed by atoms with E-state index in [2.05, 4.69) is 21.1 Å². The lowest BCUT2D eigenvalue weighted by molar-refractivity contribution is 0.434. The molecular formula is C13H8BrClN2O2. The van der Waals surface area contributed by atoms with Gasteiger partial charge in [0, 0.05) is 5.02 Å². The number of hydrogen-bond acceptors (Lipinski definition) is 4. The number of rotatable bonds is 2. The average molecular weight is 340 g/mol. The molecule has 3 rings (SSSR count). The molecule has 0 atom stereocenters. The summed E-state index contributed by atoms with van der Waals surface area (Å²) in [7, 11) is 0. The van der Waals surface area contributed by atoms with E-state index in [-0.39, 0.29) is 0 Å². The number of nitrogens with two attached hydrogens (primary N) is 1. The number of furan rings is 1. The second-order valence-electron chi connectivity index (χ2n) is 3.89. The predicted octanol–water partition coefficient (Wildman–Crippen LogP) is 4.60. The molecule has 0 saturated carbocycles. The van der Waals surface area contributed by atoms with Crippen molar-refractivity contribution in [3.63, 3.8) is 0 Å². The van der Waals surface area contributed by atoms with Crippen LogP contribution >= 0.6 is 27.5 Å². The Bertz CT molecular complexity index is 736. The van der Waals surface area contributed by atoms with Gasteiger partial charge in [0.1, 0.15) is 0 Å². The van der Waals surface area contributed by atoms with Crippen LogP contribution in [0.4, 0.5) is 5.82 Å². The van der Waals surface area contributed by atoms with Crippen molar-refractivity contribution in [2.45, 2.75) is 0 Å². The Hall–Kier alpha value is -1.72. The van der Waals surface area contributed by atoms with Gasteiger partial charge in [-0.2, -0.15) is 0 Å². The summed E-state index contributed by atoms with van der Waals surface area (Å²) in [5.74, 6) is 0.853. The van der Waals surface area contributed by atoms with E-state index in [4.69, 9.17) is 26.3 Å². The van der Waals surface area contributed by atoms with Gasteiger partial charge in [0.05, 0.1) is 17.4 Å². The van der Waals surface area contributed by atoms with Crippen LogP contribution in [-0.4, -0.2) is 5.16 Å². The van der Waals surface area contributed by atoms with E-state index in [1.54, 1.807) is 18.4 Å². The maximum absolute atomic E-state index is 6.00. The molecule has 2 heterocycles. The van der Waals surface area contributed by atoms with Gasteiger partial charge in [0.2, 0.25) is 0 Å². The first kappa shape index (κ1) is 12.3. The fourth-order valence-corrected chi connectivity index (χ4v) is 2.48. The normalized spacial score (nSPS) is 10.8. The van der Waals surface area contributed by atoms with Crippen LogP contribution in [0.5, 0.6) is 0 Å². The van der Waals surface area contributed by atoms with Gasteiger partial charge in [0.15, 0.2) is 16.2 Å². The van der Waals surface area contributed by atoms with Crippen molar-refractivity contribution >= 4 is 33.3 Å². The summed E-state index contributed by atoms with van der Waals surface area (Å²) in [6, 6.07) is 9.12. The lowest BCUT2D eigenvalue weighted by Crippen LogP contribution is -1.88. The van der Waals surface area contributed by atoms with Crippen LogP contribution in [-0.2, 0) is 0 Å². The van der Waals surface area contributed by atoms with Crippen molar-refractivity contribution in [3.05, 3.63) is 46.3 Å². The number of anilines is 1. The summed E-state index contributed by atoms with van der Waals surface area (Å²) in [5.41, 5.74) is 8.18. The van der Waals surface area contributed by atoms with Gasteiger partial charge in [-0.05, 0) is 39.7 Å². The standard InChI is InChI=1S/C13H8BrClN2O2/c14-12-9(4-5-18-12)11-10(13(16)17-19-11)7-2-1-3-8(15)6-7/h1-6H,(H2,16,17). The van der Waals surface area contributed by atoms with Crippen molar-refractivity contribution in [2.24, 2.45) is 0 Å². The molecule has 0 fully saturated rings. The van der Waals surface area contributed by atoms with Crippen molar-refractivity contribution < 1.29 is 8.94 Å². The van der Waals surface area contributed by atoms with Gasteiger partial charge < -0.3 is 14.7 Å². The highest BCUT2D eigenvalue weighted by molar-refractivity contribution is 9.10. The largest absolute Gasteiger partial charge is 0.457 e. The molecule has 0 aliphatic rings. The number of aromatic nitrogens is 1. The Balaban J connectivity index is 2.22. The highest BCUT2D eigenvalue weighted by Crippen LogP contribution is 2.40. The minimum Gasteiger partial charge on any atom is -0.457 e. The molecule has 0 amide bonds. The molecule has 0 bridgehead atoms. The monoisotopic (exact) mass is 338 g/mol. The van der Waals surface area contributed by atoms with Crippen molar-refractivity contribution in [1.82, 2.24) is 5.16 Å². The van der Waals surface area contributed by atoms with Gasteiger partial charge in [-0.1, -0.05) is 28.9 Å².